The Morgan fingerprint density at radius 2 is 2.45 bits per heavy atom. The molecule has 0 spiro atoms. The zero-order valence-electron chi connectivity index (χ0n) is 11.5. The Hall–Kier alpha value is -1.11. The van der Waals surface area contributed by atoms with Crippen LogP contribution in [0.2, 0.25) is 0 Å². The van der Waals surface area contributed by atoms with Crippen LogP contribution in [0.25, 0.3) is 0 Å². The number of hydrogen-bond donors (Lipinski definition) is 1. The molecule has 0 saturated carbocycles. The number of carbonyl (C=O) groups is 1. The van der Waals surface area contributed by atoms with Gasteiger partial charge in [0.05, 0.1) is 13.2 Å². The number of morpholine rings is 1. The van der Waals surface area contributed by atoms with E-state index in [9.17, 15) is 4.79 Å². The Morgan fingerprint density at radius 1 is 1.60 bits per heavy atom. The molecule has 2 rings (SSSR count). The summed E-state index contributed by atoms with van der Waals surface area (Å²) < 4.78 is 12.1. The lowest BCUT2D eigenvalue weighted by Crippen LogP contribution is -2.54. The number of benzene rings is 1. The average Bonchev–Trinajstić information content (AvgIpc) is 2.47. The van der Waals surface area contributed by atoms with Crippen LogP contribution >= 0.6 is 15.9 Å². The Bertz CT molecular complexity index is 456. The summed E-state index contributed by atoms with van der Waals surface area (Å²) >= 11 is 3.41. The molecule has 110 valence electrons. The second-order valence-corrected chi connectivity index (χ2v) is 5.46. The van der Waals surface area contributed by atoms with Gasteiger partial charge in [0.25, 0.3) is 0 Å². The molecule has 1 amide bonds. The van der Waals surface area contributed by atoms with Crippen LogP contribution in [0.4, 0.5) is 0 Å². The van der Waals surface area contributed by atoms with E-state index in [4.69, 9.17) is 9.47 Å². The van der Waals surface area contributed by atoms with Gasteiger partial charge >= 0.3 is 0 Å². The van der Waals surface area contributed by atoms with Gasteiger partial charge < -0.3 is 14.8 Å². The van der Waals surface area contributed by atoms with E-state index in [1.54, 1.807) is 7.05 Å². The Morgan fingerprint density at radius 3 is 3.20 bits per heavy atom. The highest BCUT2D eigenvalue weighted by atomic mass is 79.9. The molecule has 1 fully saturated rings. The highest BCUT2D eigenvalue weighted by Crippen LogP contribution is 2.17. The molecule has 1 aromatic carbocycles. The topological polar surface area (TPSA) is 50.8 Å². The number of nitrogens with one attached hydrogen (secondary N) is 1. The molecule has 1 saturated heterocycles. The van der Waals surface area contributed by atoms with Gasteiger partial charge in [-0.1, -0.05) is 22.0 Å². The molecule has 1 atom stereocenters. The standard InChI is InChI=1S/C14H19BrN2O3/c1-16-14(18)13-10-19-7-5-17(13)6-8-20-12-4-2-3-11(15)9-12/h2-4,9,13H,5-8,10H2,1H3,(H,16,18). The van der Waals surface area contributed by atoms with Crippen molar-refractivity contribution < 1.29 is 14.3 Å². The Balaban J connectivity index is 1.84. The fourth-order valence-electron chi connectivity index (χ4n) is 2.15. The molecule has 1 unspecified atom stereocenters. The van der Waals surface area contributed by atoms with Crippen LogP contribution in [0.5, 0.6) is 5.75 Å². The minimum Gasteiger partial charge on any atom is -0.492 e. The van der Waals surface area contributed by atoms with Gasteiger partial charge in [-0.25, -0.2) is 0 Å². The largest absolute Gasteiger partial charge is 0.492 e. The molecule has 0 bridgehead atoms. The lowest BCUT2D eigenvalue weighted by atomic mass is 10.2. The highest BCUT2D eigenvalue weighted by molar-refractivity contribution is 9.10. The van der Waals surface area contributed by atoms with Crippen molar-refractivity contribution in [3.63, 3.8) is 0 Å². The second kappa shape index (κ2) is 7.61. The number of ether oxygens (including phenoxy) is 2. The van der Waals surface area contributed by atoms with Crippen LogP contribution in [0, 0.1) is 0 Å². The van der Waals surface area contributed by atoms with Gasteiger partial charge in [0.1, 0.15) is 18.4 Å². The van der Waals surface area contributed by atoms with Crippen LogP contribution in [0.3, 0.4) is 0 Å². The van der Waals surface area contributed by atoms with E-state index in [0.29, 0.717) is 26.4 Å². The predicted molar refractivity (Wildman–Crippen MR) is 79.9 cm³/mol. The first kappa shape index (κ1) is 15.3. The molecule has 1 aliphatic rings. The van der Waals surface area contributed by atoms with Gasteiger partial charge in [-0.2, -0.15) is 0 Å². The number of halogens is 1. The maximum atomic E-state index is 11.8. The molecule has 5 nitrogen and oxygen atoms in total. The molecule has 1 heterocycles. The number of likely N-dealkylation sites (N-methyl/N-ethyl adjacent to an activating group) is 1. The normalized spacial score (nSPS) is 19.6. The molecule has 20 heavy (non-hydrogen) atoms. The van der Waals surface area contributed by atoms with E-state index < -0.39 is 0 Å². The lowest BCUT2D eigenvalue weighted by molar-refractivity contribution is -0.132. The van der Waals surface area contributed by atoms with E-state index >= 15 is 0 Å². The third kappa shape index (κ3) is 4.19. The summed E-state index contributed by atoms with van der Waals surface area (Å²) in [5.41, 5.74) is 0. The summed E-state index contributed by atoms with van der Waals surface area (Å²) in [5, 5.41) is 2.67. The zero-order chi connectivity index (χ0) is 14.4. The SMILES string of the molecule is CNC(=O)C1COCCN1CCOc1cccc(Br)c1. The second-order valence-electron chi connectivity index (χ2n) is 4.55. The molecule has 1 aromatic rings. The van der Waals surface area contributed by atoms with E-state index in [0.717, 1.165) is 16.8 Å². The van der Waals surface area contributed by atoms with Gasteiger partial charge in [0.2, 0.25) is 5.91 Å². The predicted octanol–water partition coefficient (Wildman–Crippen LogP) is 1.27. The van der Waals surface area contributed by atoms with Gasteiger partial charge in [0.15, 0.2) is 0 Å². The van der Waals surface area contributed by atoms with E-state index in [1.165, 1.54) is 0 Å². The number of rotatable bonds is 5. The number of nitrogens with zero attached hydrogens (tertiary/aromatic N) is 1. The van der Waals surface area contributed by atoms with Gasteiger partial charge in [-0.15, -0.1) is 0 Å². The average molecular weight is 343 g/mol. The van der Waals surface area contributed by atoms with Crippen LogP contribution in [-0.2, 0) is 9.53 Å². The summed E-state index contributed by atoms with van der Waals surface area (Å²) in [6, 6.07) is 7.51. The first-order chi connectivity index (χ1) is 9.70. The highest BCUT2D eigenvalue weighted by Gasteiger charge is 2.28. The zero-order valence-corrected chi connectivity index (χ0v) is 13.1. The summed E-state index contributed by atoms with van der Waals surface area (Å²) in [4.78, 5) is 13.9. The molecule has 1 N–H and O–H groups in total. The molecule has 0 radical (unpaired) electrons. The Kier molecular flexibility index (Phi) is 5.82. The number of carbonyl (C=O) groups excluding carboxylic acids is 1. The molecule has 0 aliphatic carbocycles. The smallest absolute Gasteiger partial charge is 0.239 e. The molecular formula is C14H19BrN2O3. The van der Waals surface area contributed by atoms with Crippen LogP contribution in [0.15, 0.2) is 28.7 Å². The van der Waals surface area contributed by atoms with Crippen LogP contribution in [-0.4, -0.2) is 56.8 Å². The van der Waals surface area contributed by atoms with Crippen molar-refractivity contribution in [2.45, 2.75) is 6.04 Å². The van der Waals surface area contributed by atoms with E-state index in [2.05, 4.69) is 26.1 Å². The van der Waals surface area contributed by atoms with Crippen LogP contribution < -0.4 is 10.1 Å². The molecule has 1 aliphatic heterocycles. The Labute approximate surface area is 127 Å². The van der Waals surface area contributed by atoms with Crippen molar-refractivity contribution in [1.82, 2.24) is 10.2 Å². The van der Waals surface area contributed by atoms with Crippen molar-refractivity contribution >= 4 is 21.8 Å². The number of hydrogen-bond acceptors (Lipinski definition) is 4. The monoisotopic (exact) mass is 342 g/mol. The summed E-state index contributed by atoms with van der Waals surface area (Å²) in [6.45, 7) is 3.10. The van der Waals surface area contributed by atoms with Crippen molar-refractivity contribution in [2.75, 3.05) is 40.0 Å². The maximum Gasteiger partial charge on any atom is 0.239 e. The van der Waals surface area contributed by atoms with Gasteiger partial charge in [-0.05, 0) is 18.2 Å². The summed E-state index contributed by atoms with van der Waals surface area (Å²) in [6.07, 6.45) is 0. The van der Waals surface area contributed by atoms with Crippen molar-refractivity contribution in [3.8, 4) is 5.75 Å². The fraction of sp³-hybridized carbons (Fsp3) is 0.500. The van der Waals surface area contributed by atoms with Gasteiger partial charge in [0, 0.05) is 24.6 Å². The van der Waals surface area contributed by atoms with E-state index in [1.807, 2.05) is 24.3 Å². The molecular weight excluding hydrogens is 324 g/mol. The minimum atomic E-state index is -0.222. The number of amides is 1. The quantitative estimate of drug-likeness (QED) is 0.875. The summed E-state index contributed by atoms with van der Waals surface area (Å²) in [7, 11) is 1.65. The van der Waals surface area contributed by atoms with Crippen molar-refractivity contribution in [1.29, 1.82) is 0 Å². The third-order valence-electron chi connectivity index (χ3n) is 3.23. The fourth-order valence-corrected chi connectivity index (χ4v) is 2.53. The molecule has 0 aromatic heterocycles. The maximum absolute atomic E-state index is 11.8. The lowest BCUT2D eigenvalue weighted by Gasteiger charge is -2.33. The summed E-state index contributed by atoms with van der Waals surface area (Å²) in [5.74, 6) is 0.816. The third-order valence-corrected chi connectivity index (χ3v) is 3.72. The minimum absolute atomic E-state index is 0.00726. The molecule has 6 heteroatoms. The van der Waals surface area contributed by atoms with E-state index in [-0.39, 0.29) is 11.9 Å². The van der Waals surface area contributed by atoms with Crippen molar-refractivity contribution in [2.24, 2.45) is 0 Å². The van der Waals surface area contributed by atoms with Gasteiger partial charge in [-0.3, -0.25) is 9.69 Å². The first-order valence-electron chi connectivity index (χ1n) is 6.62. The van der Waals surface area contributed by atoms with Crippen LogP contribution in [0.1, 0.15) is 0 Å². The van der Waals surface area contributed by atoms with Crippen molar-refractivity contribution in [3.05, 3.63) is 28.7 Å². The first-order valence-corrected chi connectivity index (χ1v) is 7.42.